The largest absolute Gasteiger partial charge is 0.378 e. The van der Waals surface area contributed by atoms with Crippen LogP contribution in [0.3, 0.4) is 0 Å². The minimum atomic E-state index is 0.578. The lowest BCUT2D eigenvalue weighted by Gasteiger charge is -2.27. The van der Waals surface area contributed by atoms with Gasteiger partial charge in [0.05, 0.1) is 6.10 Å². The molecule has 0 spiro atoms. The normalized spacial score (nSPS) is 40.5. The van der Waals surface area contributed by atoms with Crippen LogP contribution in [0.5, 0.6) is 0 Å². The fourth-order valence-corrected chi connectivity index (χ4v) is 4.32. The van der Waals surface area contributed by atoms with Gasteiger partial charge in [-0.15, -0.1) is 0 Å². The summed E-state index contributed by atoms with van der Waals surface area (Å²) in [7, 11) is 0. The lowest BCUT2D eigenvalue weighted by molar-refractivity contribution is 0.0971. The van der Waals surface area contributed by atoms with Crippen LogP contribution < -0.4 is 5.32 Å². The average Bonchev–Trinajstić information content (AvgIpc) is 3.04. The van der Waals surface area contributed by atoms with Crippen molar-refractivity contribution in [1.29, 1.82) is 0 Å². The van der Waals surface area contributed by atoms with Crippen molar-refractivity contribution in [1.82, 2.24) is 10.2 Å². The van der Waals surface area contributed by atoms with Crippen molar-refractivity contribution >= 4 is 0 Å². The fraction of sp³-hybridized carbons (Fsp3) is 1.00. The second-order valence-electron chi connectivity index (χ2n) is 6.33. The summed E-state index contributed by atoms with van der Waals surface area (Å²) in [6, 6.07) is 0.842. The van der Waals surface area contributed by atoms with E-state index in [0.29, 0.717) is 6.10 Å². The number of hydrogen-bond donors (Lipinski definition) is 1. The van der Waals surface area contributed by atoms with Gasteiger partial charge < -0.3 is 10.1 Å². The van der Waals surface area contributed by atoms with Gasteiger partial charge in [-0.1, -0.05) is 6.92 Å². The maximum Gasteiger partial charge on any atom is 0.0576 e. The molecule has 3 fully saturated rings. The minimum absolute atomic E-state index is 0.578. The highest BCUT2D eigenvalue weighted by Crippen LogP contribution is 2.34. The fourth-order valence-electron chi connectivity index (χ4n) is 4.32. The number of likely N-dealkylation sites (tertiary alicyclic amines) is 1. The molecule has 0 aliphatic carbocycles. The van der Waals surface area contributed by atoms with Crippen LogP contribution in [0.15, 0.2) is 0 Å². The summed E-state index contributed by atoms with van der Waals surface area (Å²) >= 11 is 0. The lowest BCUT2D eigenvalue weighted by Crippen LogP contribution is -2.36. The Balaban J connectivity index is 1.44. The molecule has 0 aromatic rings. The standard InChI is InChI=1S/C15H28N2O/c1-2-15-14-10-16-9-12(14)11-17(15)7-3-5-13-6-4-8-18-13/h12-16H,2-11H2,1H3. The molecule has 18 heavy (non-hydrogen) atoms. The van der Waals surface area contributed by atoms with Crippen LogP contribution in [0.25, 0.3) is 0 Å². The van der Waals surface area contributed by atoms with Gasteiger partial charge in [-0.2, -0.15) is 0 Å². The van der Waals surface area contributed by atoms with E-state index in [4.69, 9.17) is 4.74 Å². The summed E-state index contributed by atoms with van der Waals surface area (Å²) in [5.41, 5.74) is 0. The molecule has 3 saturated heterocycles. The van der Waals surface area contributed by atoms with Crippen molar-refractivity contribution in [2.75, 3.05) is 32.8 Å². The third kappa shape index (κ3) is 2.59. The molecule has 0 radical (unpaired) electrons. The molecule has 3 heteroatoms. The summed E-state index contributed by atoms with van der Waals surface area (Å²) in [5.74, 6) is 1.86. The Kier molecular flexibility index (Phi) is 4.22. The maximum atomic E-state index is 5.72. The van der Waals surface area contributed by atoms with E-state index in [1.807, 2.05) is 0 Å². The third-order valence-corrected chi connectivity index (χ3v) is 5.24. The van der Waals surface area contributed by atoms with Gasteiger partial charge in [0.25, 0.3) is 0 Å². The number of nitrogens with zero attached hydrogens (tertiary/aromatic N) is 1. The van der Waals surface area contributed by atoms with Crippen LogP contribution in [0.1, 0.15) is 39.0 Å². The van der Waals surface area contributed by atoms with Gasteiger partial charge in [-0.25, -0.2) is 0 Å². The van der Waals surface area contributed by atoms with Crippen molar-refractivity contribution in [3.8, 4) is 0 Å². The molecule has 0 bridgehead atoms. The zero-order valence-corrected chi connectivity index (χ0v) is 11.7. The molecular formula is C15H28N2O. The highest BCUT2D eigenvalue weighted by atomic mass is 16.5. The molecule has 104 valence electrons. The molecule has 3 rings (SSSR count). The van der Waals surface area contributed by atoms with E-state index in [2.05, 4.69) is 17.1 Å². The van der Waals surface area contributed by atoms with E-state index < -0.39 is 0 Å². The molecule has 0 saturated carbocycles. The number of nitrogens with one attached hydrogen (secondary N) is 1. The molecule has 3 aliphatic heterocycles. The van der Waals surface area contributed by atoms with Crippen LogP contribution in [-0.4, -0.2) is 49.8 Å². The summed E-state index contributed by atoms with van der Waals surface area (Å²) in [5, 5.41) is 3.56. The van der Waals surface area contributed by atoms with Crippen molar-refractivity contribution < 1.29 is 4.74 Å². The Hall–Kier alpha value is -0.120. The second-order valence-corrected chi connectivity index (χ2v) is 6.33. The van der Waals surface area contributed by atoms with Crippen LogP contribution >= 0.6 is 0 Å². The molecular weight excluding hydrogens is 224 g/mol. The van der Waals surface area contributed by atoms with Gasteiger partial charge in [-0.3, -0.25) is 4.90 Å². The SMILES string of the molecule is CCC1C2CNCC2CN1CCCC1CCCO1. The monoisotopic (exact) mass is 252 g/mol. The first-order chi connectivity index (χ1) is 8.88. The van der Waals surface area contributed by atoms with Gasteiger partial charge in [0.2, 0.25) is 0 Å². The zero-order valence-electron chi connectivity index (χ0n) is 11.7. The Labute approximate surface area is 111 Å². The predicted molar refractivity (Wildman–Crippen MR) is 73.7 cm³/mol. The maximum absolute atomic E-state index is 5.72. The summed E-state index contributed by atoms with van der Waals surface area (Å²) in [6.45, 7) is 8.50. The Morgan fingerprint density at radius 1 is 1.33 bits per heavy atom. The van der Waals surface area contributed by atoms with Gasteiger partial charge in [0, 0.05) is 19.2 Å². The summed E-state index contributed by atoms with van der Waals surface area (Å²) in [4.78, 5) is 2.77. The minimum Gasteiger partial charge on any atom is -0.378 e. The molecule has 0 aromatic carbocycles. The number of ether oxygens (including phenoxy) is 1. The summed E-state index contributed by atoms with van der Waals surface area (Å²) < 4.78 is 5.72. The first kappa shape index (κ1) is 12.9. The van der Waals surface area contributed by atoms with Gasteiger partial charge in [0.15, 0.2) is 0 Å². The molecule has 3 nitrogen and oxygen atoms in total. The van der Waals surface area contributed by atoms with E-state index in [0.717, 1.165) is 24.5 Å². The molecule has 0 aromatic heterocycles. The molecule has 3 heterocycles. The van der Waals surface area contributed by atoms with Crippen LogP contribution in [0.4, 0.5) is 0 Å². The van der Waals surface area contributed by atoms with Crippen molar-refractivity contribution in [2.24, 2.45) is 11.8 Å². The second kappa shape index (κ2) is 5.89. The van der Waals surface area contributed by atoms with Gasteiger partial charge in [0.1, 0.15) is 0 Å². The number of rotatable bonds is 5. The topological polar surface area (TPSA) is 24.5 Å². The van der Waals surface area contributed by atoms with E-state index in [-0.39, 0.29) is 0 Å². The average molecular weight is 252 g/mol. The Morgan fingerprint density at radius 3 is 3.06 bits per heavy atom. The van der Waals surface area contributed by atoms with Gasteiger partial charge in [-0.05, 0) is 63.6 Å². The first-order valence-electron chi connectivity index (χ1n) is 7.95. The molecule has 0 amide bonds. The van der Waals surface area contributed by atoms with E-state index in [1.54, 1.807) is 0 Å². The van der Waals surface area contributed by atoms with E-state index >= 15 is 0 Å². The molecule has 4 atom stereocenters. The van der Waals surface area contributed by atoms with Crippen LogP contribution in [-0.2, 0) is 4.74 Å². The lowest BCUT2D eigenvalue weighted by atomic mass is 9.93. The Morgan fingerprint density at radius 2 is 2.28 bits per heavy atom. The van der Waals surface area contributed by atoms with E-state index in [1.165, 1.54) is 58.3 Å². The van der Waals surface area contributed by atoms with Crippen molar-refractivity contribution in [3.05, 3.63) is 0 Å². The molecule has 4 unspecified atom stereocenters. The van der Waals surface area contributed by atoms with Crippen molar-refractivity contribution in [2.45, 2.75) is 51.2 Å². The quantitative estimate of drug-likeness (QED) is 0.808. The molecule has 3 aliphatic rings. The zero-order chi connectivity index (χ0) is 12.4. The predicted octanol–water partition coefficient (Wildman–Crippen LogP) is 1.88. The van der Waals surface area contributed by atoms with Crippen LogP contribution in [0, 0.1) is 11.8 Å². The number of fused-ring (bicyclic) bond motifs is 1. The number of hydrogen-bond acceptors (Lipinski definition) is 3. The first-order valence-corrected chi connectivity index (χ1v) is 7.95. The van der Waals surface area contributed by atoms with Crippen LogP contribution in [0.2, 0.25) is 0 Å². The van der Waals surface area contributed by atoms with E-state index in [9.17, 15) is 0 Å². The highest BCUT2D eigenvalue weighted by molar-refractivity contribution is 4.97. The third-order valence-electron chi connectivity index (χ3n) is 5.24. The molecule has 1 N–H and O–H groups in total. The summed E-state index contributed by atoms with van der Waals surface area (Å²) in [6.07, 6.45) is 7.08. The highest BCUT2D eigenvalue weighted by Gasteiger charge is 2.42. The Bertz CT molecular complexity index is 265. The smallest absolute Gasteiger partial charge is 0.0576 e. The van der Waals surface area contributed by atoms with Crippen molar-refractivity contribution in [3.63, 3.8) is 0 Å². The van der Waals surface area contributed by atoms with Gasteiger partial charge >= 0.3 is 0 Å².